The minimum Gasteiger partial charge on any atom is -0.334 e. The van der Waals surface area contributed by atoms with Crippen LogP contribution in [0.2, 0.25) is 0 Å². The quantitative estimate of drug-likeness (QED) is 0.916. The highest BCUT2D eigenvalue weighted by Crippen LogP contribution is 2.35. The first-order valence-electron chi connectivity index (χ1n) is 8.68. The molecule has 2 aliphatic rings. The highest BCUT2D eigenvalue weighted by Gasteiger charge is 2.36. The topological polar surface area (TPSA) is 68.2 Å². The summed E-state index contributed by atoms with van der Waals surface area (Å²) >= 11 is 0. The van der Waals surface area contributed by atoms with E-state index >= 15 is 0 Å². The van der Waals surface area contributed by atoms with Gasteiger partial charge in [-0.3, -0.25) is 4.90 Å². The van der Waals surface area contributed by atoms with Crippen LogP contribution < -0.4 is 5.73 Å². The van der Waals surface area contributed by atoms with E-state index in [1.165, 1.54) is 31.5 Å². The molecular formula is C18H25ClN4O. The largest absolute Gasteiger partial charge is 0.334 e. The van der Waals surface area contributed by atoms with E-state index in [4.69, 9.17) is 10.3 Å². The molecule has 0 amide bonds. The predicted octanol–water partition coefficient (Wildman–Crippen LogP) is 3.48. The second kappa shape index (κ2) is 7.21. The standard InChI is InChI=1S/C18H24N4O.ClH/c19-18(8-1-2-9-18)17-20-16(23-21-17)15-7-5-6-14(12-15)13-22-10-3-4-11-22;/h5-7,12H,1-4,8-11,13,19H2;1H. The second-order valence-corrected chi connectivity index (χ2v) is 6.97. The van der Waals surface area contributed by atoms with E-state index in [0.717, 1.165) is 37.8 Å². The molecule has 5 nitrogen and oxygen atoms in total. The first-order valence-corrected chi connectivity index (χ1v) is 8.68. The minimum atomic E-state index is -0.394. The lowest BCUT2D eigenvalue weighted by Crippen LogP contribution is -2.34. The molecule has 0 unspecified atom stereocenters. The van der Waals surface area contributed by atoms with Crippen molar-refractivity contribution >= 4 is 12.4 Å². The van der Waals surface area contributed by atoms with E-state index < -0.39 is 5.54 Å². The first kappa shape index (κ1) is 17.4. The van der Waals surface area contributed by atoms with Crippen LogP contribution in [-0.4, -0.2) is 28.1 Å². The summed E-state index contributed by atoms with van der Waals surface area (Å²) < 4.78 is 5.50. The van der Waals surface area contributed by atoms with Crippen molar-refractivity contribution < 1.29 is 4.52 Å². The maximum Gasteiger partial charge on any atom is 0.258 e. The van der Waals surface area contributed by atoms with E-state index in [-0.39, 0.29) is 12.4 Å². The summed E-state index contributed by atoms with van der Waals surface area (Å²) in [6, 6.07) is 8.43. The Kier molecular flexibility index (Phi) is 5.23. The molecular weight excluding hydrogens is 324 g/mol. The lowest BCUT2D eigenvalue weighted by atomic mass is 9.98. The van der Waals surface area contributed by atoms with Gasteiger partial charge in [-0.1, -0.05) is 30.1 Å². The number of hydrogen-bond donors (Lipinski definition) is 1. The average Bonchev–Trinajstić information content (AvgIpc) is 3.29. The summed E-state index contributed by atoms with van der Waals surface area (Å²) in [5.74, 6) is 1.25. The molecule has 130 valence electrons. The molecule has 2 fully saturated rings. The Hall–Kier alpha value is -1.43. The Labute approximate surface area is 149 Å². The van der Waals surface area contributed by atoms with Gasteiger partial charge in [0, 0.05) is 12.1 Å². The van der Waals surface area contributed by atoms with Crippen molar-refractivity contribution in [2.24, 2.45) is 5.73 Å². The molecule has 4 rings (SSSR count). The van der Waals surface area contributed by atoms with Crippen LogP contribution >= 0.6 is 12.4 Å². The maximum absolute atomic E-state index is 6.42. The summed E-state index contributed by atoms with van der Waals surface area (Å²) in [4.78, 5) is 7.08. The zero-order valence-electron chi connectivity index (χ0n) is 13.9. The molecule has 1 aliphatic carbocycles. The smallest absolute Gasteiger partial charge is 0.258 e. The third-order valence-corrected chi connectivity index (χ3v) is 5.15. The van der Waals surface area contributed by atoms with Crippen molar-refractivity contribution in [3.8, 4) is 11.5 Å². The molecule has 0 atom stereocenters. The lowest BCUT2D eigenvalue weighted by Gasteiger charge is -2.17. The van der Waals surface area contributed by atoms with E-state index in [1.807, 2.05) is 6.07 Å². The van der Waals surface area contributed by atoms with Crippen LogP contribution in [0.3, 0.4) is 0 Å². The fourth-order valence-corrected chi connectivity index (χ4v) is 3.77. The van der Waals surface area contributed by atoms with Crippen molar-refractivity contribution in [2.75, 3.05) is 13.1 Å². The molecule has 1 aromatic carbocycles. The third kappa shape index (κ3) is 3.48. The van der Waals surface area contributed by atoms with E-state index in [2.05, 4.69) is 33.2 Å². The predicted molar refractivity (Wildman–Crippen MR) is 95.8 cm³/mol. The summed E-state index contributed by atoms with van der Waals surface area (Å²) in [7, 11) is 0. The molecule has 0 radical (unpaired) electrons. The fourth-order valence-electron chi connectivity index (χ4n) is 3.77. The SMILES string of the molecule is Cl.NC1(c2noc(-c3cccc(CN4CCCC4)c3)n2)CCCC1. The summed E-state index contributed by atoms with van der Waals surface area (Å²) in [5, 5.41) is 4.16. The van der Waals surface area contributed by atoms with Gasteiger partial charge >= 0.3 is 0 Å². The Morgan fingerprint density at radius 1 is 1.12 bits per heavy atom. The van der Waals surface area contributed by atoms with Gasteiger partial charge in [0.2, 0.25) is 0 Å². The van der Waals surface area contributed by atoms with Crippen molar-refractivity contribution in [1.29, 1.82) is 0 Å². The van der Waals surface area contributed by atoms with Crippen LogP contribution in [0.15, 0.2) is 28.8 Å². The van der Waals surface area contributed by atoms with Crippen LogP contribution in [0.5, 0.6) is 0 Å². The monoisotopic (exact) mass is 348 g/mol. The second-order valence-electron chi connectivity index (χ2n) is 6.97. The van der Waals surface area contributed by atoms with Crippen molar-refractivity contribution in [2.45, 2.75) is 50.6 Å². The molecule has 2 N–H and O–H groups in total. The number of likely N-dealkylation sites (tertiary alicyclic amines) is 1. The molecule has 2 heterocycles. The Bertz CT molecular complexity index is 675. The summed E-state index contributed by atoms with van der Waals surface area (Å²) in [6.45, 7) is 3.39. The molecule has 1 aliphatic heterocycles. The van der Waals surface area contributed by atoms with Gasteiger partial charge in [0.25, 0.3) is 5.89 Å². The number of rotatable bonds is 4. The van der Waals surface area contributed by atoms with Crippen LogP contribution in [-0.2, 0) is 12.1 Å². The molecule has 0 bridgehead atoms. The van der Waals surface area contributed by atoms with Gasteiger partial charge in [-0.25, -0.2) is 0 Å². The minimum absolute atomic E-state index is 0. The van der Waals surface area contributed by atoms with Gasteiger partial charge in [-0.2, -0.15) is 4.98 Å². The molecule has 24 heavy (non-hydrogen) atoms. The van der Waals surface area contributed by atoms with E-state index in [1.54, 1.807) is 0 Å². The van der Waals surface area contributed by atoms with Gasteiger partial charge in [0.05, 0.1) is 5.54 Å². The third-order valence-electron chi connectivity index (χ3n) is 5.15. The number of nitrogens with two attached hydrogens (primary N) is 1. The Morgan fingerprint density at radius 3 is 2.62 bits per heavy atom. The van der Waals surface area contributed by atoms with Gasteiger partial charge < -0.3 is 10.3 Å². The van der Waals surface area contributed by atoms with E-state index in [0.29, 0.717) is 11.7 Å². The van der Waals surface area contributed by atoms with Gasteiger partial charge in [0.1, 0.15) is 0 Å². The fraction of sp³-hybridized carbons (Fsp3) is 0.556. The Balaban J connectivity index is 0.00000169. The van der Waals surface area contributed by atoms with Crippen LogP contribution in [0.4, 0.5) is 0 Å². The Morgan fingerprint density at radius 2 is 1.88 bits per heavy atom. The summed E-state index contributed by atoms with van der Waals surface area (Å²) in [6.07, 6.45) is 6.80. The van der Waals surface area contributed by atoms with Crippen molar-refractivity contribution in [3.05, 3.63) is 35.7 Å². The van der Waals surface area contributed by atoms with Gasteiger partial charge in [-0.05, 0) is 56.5 Å². The number of nitrogens with zero attached hydrogens (tertiary/aromatic N) is 3. The molecule has 1 saturated carbocycles. The zero-order valence-corrected chi connectivity index (χ0v) is 14.7. The highest BCUT2D eigenvalue weighted by molar-refractivity contribution is 5.85. The number of aromatic nitrogens is 2. The van der Waals surface area contributed by atoms with Crippen molar-refractivity contribution in [1.82, 2.24) is 15.0 Å². The van der Waals surface area contributed by atoms with Crippen molar-refractivity contribution in [3.63, 3.8) is 0 Å². The van der Waals surface area contributed by atoms with Gasteiger partial charge in [-0.15, -0.1) is 12.4 Å². The maximum atomic E-state index is 6.42. The van der Waals surface area contributed by atoms with Crippen LogP contribution in [0, 0.1) is 0 Å². The highest BCUT2D eigenvalue weighted by atomic mass is 35.5. The molecule has 0 spiro atoms. The average molecular weight is 349 g/mol. The summed E-state index contributed by atoms with van der Waals surface area (Å²) in [5.41, 5.74) is 8.31. The number of halogens is 1. The molecule has 6 heteroatoms. The number of hydrogen-bond acceptors (Lipinski definition) is 5. The normalized spacial score (nSPS) is 20.2. The van der Waals surface area contributed by atoms with Crippen LogP contribution in [0.25, 0.3) is 11.5 Å². The zero-order chi connectivity index (χ0) is 15.7. The molecule has 1 saturated heterocycles. The van der Waals surface area contributed by atoms with Gasteiger partial charge in [0.15, 0.2) is 5.82 Å². The van der Waals surface area contributed by atoms with E-state index in [9.17, 15) is 0 Å². The number of benzene rings is 1. The molecule has 2 aromatic rings. The first-order chi connectivity index (χ1) is 11.2. The lowest BCUT2D eigenvalue weighted by molar-refractivity contribution is 0.331. The van der Waals surface area contributed by atoms with Crippen LogP contribution in [0.1, 0.15) is 49.9 Å². The molecule has 1 aromatic heterocycles.